The highest BCUT2D eigenvalue weighted by Gasteiger charge is 2.28. The predicted octanol–water partition coefficient (Wildman–Crippen LogP) is 2.76. The first-order valence-corrected chi connectivity index (χ1v) is 11.4. The van der Waals surface area contributed by atoms with E-state index in [-0.39, 0.29) is 10.8 Å². The number of hydrogen-bond donors (Lipinski definition) is 2. The summed E-state index contributed by atoms with van der Waals surface area (Å²) < 4.78 is 35.4. The number of aryl methyl sites for hydroxylation is 3. The number of nitrogens with one attached hydrogen (secondary N) is 2. The van der Waals surface area contributed by atoms with Gasteiger partial charge in [0, 0.05) is 18.8 Å². The quantitative estimate of drug-likeness (QED) is 0.607. The summed E-state index contributed by atoms with van der Waals surface area (Å²) in [4.78, 5) is 12.3. The molecule has 0 radical (unpaired) electrons. The van der Waals surface area contributed by atoms with Gasteiger partial charge in [0.15, 0.2) is 6.10 Å². The fourth-order valence-electron chi connectivity index (χ4n) is 3.30. The van der Waals surface area contributed by atoms with Gasteiger partial charge >= 0.3 is 0 Å². The SMILES string of the molecule is CCCC[C@H]1Oc2ccc(S(=O)(=O)NCCCn3nc(C)cc3C)cc2NC1=O. The molecule has 0 saturated carbocycles. The van der Waals surface area contributed by atoms with Crippen LogP contribution in [-0.2, 0) is 21.4 Å². The van der Waals surface area contributed by atoms with Gasteiger partial charge in [-0.15, -0.1) is 0 Å². The molecule has 0 spiro atoms. The third kappa shape index (κ3) is 5.16. The van der Waals surface area contributed by atoms with Crippen molar-refractivity contribution in [1.29, 1.82) is 0 Å². The summed E-state index contributed by atoms with van der Waals surface area (Å²) in [5.41, 5.74) is 2.37. The van der Waals surface area contributed by atoms with Crippen molar-refractivity contribution in [1.82, 2.24) is 14.5 Å². The fourth-order valence-corrected chi connectivity index (χ4v) is 4.40. The Hall–Kier alpha value is -2.39. The Kier molecular flexibility index (Phi) is 6.59. The second-order valence-corrected chi connectivity index (χ2v) is 9.06. The van der Waals surface area contributed by atoms with Gasteiger partial charge in [0.25, 0.3) is 5.91 Å². The maximum atomic E-state index is 12.6. The molecule has 1 aliphatic heterocycles. The number of fused-ring (bicyclic) bond motifs is 1. The summed E-state index contributed by atoms with van der Waals surface area (Å²) >= 11 is 0. The van der Waals surface area contributed by atoms with Crippen LogP contribution in [0.15, 0.2) is 29.2 Å². The molecule has 1 aromatic heterocycles. The first-order valence-electron chi connectivity index (χ1n) is 9.92. The number of carbonyl (C=O) groups excluding carboxylic acids is 1. The van der Waals surface area contributed by atoms with Gasteiger partial charge in [0.1, 0.15) is 5.75 Å². The molecule has 1 amide bonds. The van der Waals surface area contributed by atoms with E-state index in [0.717, 1.165) is 24.2 Å². The van der Waals surface area contributed by atoms with Gasteiger partial charge < -0.3 is 10.1 Å². The molecule has 1 aromatic carbocycles. The van der Waals surface area contributed by atoms with Crippen molar-refractivity contribution in [2.75, 3.05) is 11.9 Å². The minimum atomic E-state index is -3.68. The number of sulfonamides is 1. The second kappa shape index (κ2) is 8.96. The molecule has 0 aliphatic carbocycles. The molecule has 2 aromatic rings. The van der Waals surface area contributed by atoms with Crippen molar-refractivity contribution in [3.05, 3.63) is 35.7 Å². The lowest BCUT2D eigenvalue weighted by atomic mass is 10.1. The third-order valence-electron chi connectivity index (χ3n) is 4.84. The highest BCUT2D eigenvalue weighted by molar-refractivity contribution is 7.89. The van der Waals surface area contributed by atoms with Crippen LogP contribution in [0.5, 0.6) is 5.75 Å². The number of anilines is 1. The molecule has 0 fully saturated rings. The van der Waals surface area contributed by atoms with Gasteiger partial charge in [-0.2, -0.15) is 5.10 Å². The van der Waals surface area contributed by atoms with E-state index in [0.29, 0.717) is 37.4 Å². The van der Waals surface area contributed by atoms with Crippen molar-refractivity contribution in [3.63, 3.8) is 0 Å². The topological polar surface area (TPSA) is 102 Å². The van der Waals surface area contributed by atoms with E-state index in [1.165, 1.54) is 12.1 Å². The minimum Gasteiger partial charge on any atom is -0.478 e. The van der Waals surface area contributed by atoms with Crippen molar-refractivity contribution in [3.8, 4) is 5.75 Å². The Morgan fingerprint density at radius 3 is 2.72 bits per heavy atom. The zero-order chi connectivity index (χ0) is 21.0. The van der Waals surface area contributed by atoms with Crippen LogP contribution in [0.4, 0.5) is 5.69 Å². The Bertz CT molecular complexity index is 984. The van der Waals surface area contributed by atoms with Crippen LogP contribution in [0.1, 0.15) is 44.0 Å². The summed E-state index contributed by atoms with van der Waals surface area (Å²) in [6.07, 6.45) is 2.59. The van der Waals surface area contributed by atoms with Crippen LogP contribution in [0.25, 0.3) is 0 Å². The Morgan fingerprint density at radius 1 is 1.24 bits per heavy atom. The molecule has 0 bridgehead atoms. The van der Waals surface area contributed by atoms with Gasteiger partial charge in [-0.1, -0.05) is 13.3 Å². The minimum absolute atomic E-state index is 0.0956. The molecule has 9 heteroatoms. The van der Waals surface area contributed by atoms with E-state index >= 15 is 0 Å². The van der Waals surface area contributed by atoms with Crippen LogP contribution >= 0.6 is 0 Å². The highest BCUT2D eigenvalue weighted by atomic mass is 32.2. The number of aromatic nitrogens is 2. The summed E-state index contributed by atoms with van der Waals surface area (Å²) in [5, 5.41) is 7.13. The van der Waals surface area contributed by atoms with E-state index < -0.39 is 16.1 Å². The molecule has 1 atom stereocenters. The number of nitrogens with zero attached hydrogens (tertiary/aromatic N) is 2. The number of ether oxygens (including phenoxy) is 1. The largest absolute Gasteiger partial charge is 0.478 e. The molecule has 0 unspecified atom stereocenters. The summed E-state index contributed by atoms with van der Waals surface area (Å²) in [7, 11) is -3.68. The standard InChI is InChI=1S/C20H28N4O4S/c1-4-5-7-19-20(25)22-17-13-16(8-9-18(17)28-19)29(26,27)21-10-6-11-24-15(3)12-14(2)23-24/h8-9,12-13,19,21H,4-7,10-11H2,1-3H3,(H,22,25)/t19-/m1/s1. The Morgan fingerprint density at radius 2 is 2.03 bits per heavy atom. The van der Waals surface area contributed by atoms with Crippen LogP contribution in [0, 0.1) is 13.8 Å². The normalized spacial score (nSPS) is 16.2. The number of benzene rings is 1. The summed E-state index contributed by atoms with van der Waals surface area (Å²) in [6.45, 7) is 6.88. The Balaban J connectivity index is 1.60. The number of unbranched alkanes of at least 4 members (excludes halogenated alkanes) is 1. The van der Waals surface area contributed by atoms with Gasteiger partial charge in [0.05, 0.1) is 16.3 Å². The van der Waals surface area contributed by atoms with Crippen LogP contribution < -0.4 is 14.8 Å². The zero-order valence-electron chi connectivity index (χ0n) is 17.1. The summed E-state index contributed by atoms with van der Waals surface area (Å²) in [5.74, 6) is 0.257. The first kappa shape index (κ1) is 21.3. The van der Waals surface area contributed by atoms with Crippen LogP contribution in [-0.4, -0.2) is 36.8 Å². The van der Waals surface area contributed by atoms with E-state index in [1.807, 2.05) is 24.6 Å². The van der Waals surface area contributed by atoms with Crippen LogP contribution in [0.3, 0.4) is 0 Å². The van der Waals surface area contributed by atoms with Crippen LogP contribution in [0.2, 0.25) is 0 Å². The maximum Gasteiger partial charge on any atom is 0.265 e. The molecule has 29 heavy (non-hydrogen) atoms. The van der Waals surface area contributed by atoms with Crippen molar-refractivity contribution >= 4 is 21.6 Å². The Labute approximate surface area is 171 Å². The van der Waals surface area contributed by atoms with Gasteiger partial charge in [-0.3, -0.25) is 9.48 Å². The van der Waals surface area contributed by atoms with Crippen molar-refractivity contribution in [2.24, 2.45) is 0 Å². The number of amides is 1. The van der Waals surface area contributed by atoms with Gasteiger partial charge in [-0.05, 0) is 57.4 Å². The number of rotatable bonds is 9. The first-order chi connectivity index (χ1) is 13.8. The molecular formula is C20H28N4O4S. The molecule has 158 valence electrons. The van der Waals surface area contributed by atoms with Gasteiger partial charge in [-0.25, -0.2) is 13.1 Å². The molecule has 0 saturated heterocycles. The van der Waals surface area contributed by atoms with Crippen molar-refractivity contribution < 1.29 is 17.9 Å². The predicted molar refractivity (Wildman–Crippen MR) is 111 cm³/mol. The average Bonchev–Trinajstić information content (AvgIpc) is 3.00. The van der Waals surface area contributed by atoms with E-state index in [2.05, 4.69) is 22.1 Å². The number of hydrogen-bond acceptors (Lipinski definition) is 5. The molecule has 2 N–H and O–H groups in total. The highest BCUT2D eigenvalue weighted by Crippen LogP contribution is 2.32. The molecular weight excluding hydrogens is 392 g/mol. The molecule has 2 heterocycles. The summed E-state index contributed by atoms with van der Waals surface area (Å²) in [6, 6.07) is 6.52. The van der Waals surface area contributed by atoms with Crippen molar-refractivity contribution in [2.45, 2.75) is 64.0 Å². The van der Waals surface area contributed by atoms with E-state index in [9.17, 15) is 13.2 Å². The van der Waals surface area contributed by atoms with Gasteiger partial charge in [0.2, 0.25) is 10.0 Å². The average molecular weight is 421 g/mol. The molecule has 8 nitrogen and oxygen atoms in total. The second-order valence-electron chi connectivity index (χ2n) is 7.30. The molecule has 3 rings (SSSR count). The monoisotopic (exact) mass is 420 g/mol. The lowest BCUT2D eigenvalue weighted by molar-refractivity contribution is -0.123. The molecule has 1 aliphatic rings. The maximum absolute atomic E-state index is 12.6. The van der Waals surface area contributed by atoms with E-state index in [1.54, 1.807) is 6.07 Å². The lowest BCUT2D eigenvalue weighted by Gasteiger charge is -2.26. The zero-order valence-corrected chi connectivity index (χ0v) is 17.9. The fraction of sp³-hybridized carbons (Fsp3) is 0.500. The third-order valence-corrected chi connectivity index (χ3v) is 6.30. The lowest BCUT2D eigenvalue weighted by Crippen LogP contribution is -2.37. The smallest absolute Gasteiger partial charge is 0.265 e. The number of carbonyl (C=O) groups is 1. The van der Waals surface area contributed by atoms with E-state index in [4.69, 9.17) is 4.74 Å².